The number of carbonyl (C=O) groups is 1. The van der Waals surface area contributed by atoms with Gasteiger partial charge in [-0.05, 0) is 6.92 Å². The van der Waals surface area contributed by atoms with Gasteiger partial charge in [0.25, 0.3) is 0 Å². The Morgan fingerprint density at radius 2 is 2.19 bits per heavy atom. The molecule has 0 radical (unpaired) electrons. The normalized spacial score (nSPS) is 11.4. The molecule has 0 aliphatic rings. The summed E-state index contributed by atoms with van der Waals surface area (Å²) >= 11 is 0. The summed E-state index contributed by atoms with van der Waals surface area (Å²) < 4.78 is 25.6. The molecule has 0 aromatic carbocycles. The Morgan fingerprint density at radius 1 is 1.56 bits per heavy atom. The number of hydrogen-bond acceptors (Lipinski definition) is 4. The van der Waals surface area contributed by atoms with Crippen molar-refractivity contribution in [2.75, 3.05) is 20.6 Å². The van der Waals surface area contributed by atoms with Crippen molar-refractivity contribution in [3.8, 4) is 0 Å². The van der Waals surface area contributed by atoms with Gasteiger partial charge in [-0.25, -0.2) is 13.1 Å². The van der Waals surface area contributed by atoms with Crippen molar-refractivity contribution < 1.29 is 13.2 Å². The van der Waals surface area contributed by atoms with Gasteiger partial charge in [0.15, 0.2) is 0 Å². The Hall–Kier alpha value is -1.41. The molecule has 0 bridgehead atoms. The van der Waals surface area contributed by atoms with Crippen LogP contribution in [0.1, 0.15) is 5.69 Å². The van der Waals surface area contributed by atoms with Crippen LogP contribution in [0, 0.1) is 6.92 Å². The zero-order valence-corrected chi connectivity index (χ0v) is 10.1. The van der Waals surface area contributed by atoms with E-state index in [1.807, 2.05) is 0 Å². The molecule has 0 saturated heterocycles. The minimum atomic E-state index is -3.67. The number of H-pyrrole nitrogens is 1. The summed E-state index contributed by atoms with van der Waals surface area (Å²) in [6, 6.07) is 0. The second-order valence-electron chi connectivity index (χ2n) is 3.47. The monoisotopic (exact) mass is 246 g/mol. The van der Waals surface area contributed by atoms with Gasteiger partial charge < -0.3 is 4.90 Å². The molecule has 90 valence electrons. The van der Waals surface area contributed by atoms with Crippen LogP contribution in [-0.4, -0.2) is 50.1 Å². The number of sulfonamides is 1. The lowest BCUT2D eigenvalue weighted by Gasteiger charge is -2.10. The minimum absolute atomic E-state index is 0.0547. The molecule has 0 atom stereocenters. The molecule has 0 aliphatic carbocycles. The van der Waals surface area contributed by atoms with E-state index in [-0.39, 0.29) is 17.3 Å². The molecule has 8 heteroatoms. The van der Waals surface area contributed by atoms with Crippen molar-refractivity contribution in [2.45, 2.75) is 11.8 Å². The number of nitrogens with one attached hydrogen (secondary N) is 2. The second kappa shape index (κ2) is 4.62. The topological polar surface area (TPSA) is 95.2 Å². The highest BCUT2D eigenvalue weighted by Gasteiger charge is 2.19. The maximum Gasteiger partial charge on any atom is 0.244 e. The minimum Gasteiger partial charge on any atom is -0.348 e. The van der Waals surface area contributed by atoms with E-state index in [0.29, 0.717) is 5.69 Å². The first-order chi connectivity index (χ1) is 7.34. The molecule has 1 aromatic heterocycles. The molecule has 1 rings (SSSR count). The quantitative estimate of drug-likeness (QED) is 0.718. The van der Waals surface area contributed by atoms with E-state index < -0.39 is 10.0 Å². The predicted octanol–water partition coefficient (Wildman–Crippen LogP) is -0.915. The van der Waals surface area contributed by atoms with Crippen molar-refractivity contribution in [1.82, 2.24) is 19.8 Å². The summed E-state index contributed by atoms with van der Waals surface area (Å²) in [6.07, 6.45) is 1.21. The Balaban J connectivity index is 2.75. The number of amides is 1. The molecule has 0 fully saturated rings. The standard InChI is InChI=1S/C8H14N4O3S/c1-6-7(4-9-11-6)16(14,15)10-5-8(13)12(2)3/h4,10H,5H2,1-3H3,(H,9,11). The van der Waals surface area contributed by atoms with Gasteiger partial charge >= 0.3 is 0 Å². The largest absolute Gasteiger partial charge is 0.348 e. The van der Waals surface area contributed by atoms with Crippen LogP contribution in [0.15, 0.2) is 11.1 Å². The molecule has 2 N–H and O–H groups in total. The van der Waals surface area contributed by atoms with Gasteiger partial charge in [0.1, 0.15) is 4.90 Å². The van der Waals surface area contributed by atoms with Crippen LogP contribution in [0.25, 0.3) is 0 Å². The third-order valence-electron chi connectivity index (χ3n) is 1.99. The molecule has 0 unspecified atom stereocenters. The number of rotatable bonds is 4. The maximum atomic E-state index is 11.7. The fourth-order valence-corrected chi connectivity index (χ4v) is 2.11. The molecule has 0 spiro atoms. The maximum absolute atomic E-state index is 11.7. The molecule has 1 amide bonds. The first-order valence-corrected chi connectivity index (χ1v) is 6.02. The van der Waals surface area contributed by atoms with Crippen molar-refractivity contribution >= 4 is 15.9 Å². The van der Waals surface area contributed by atoms with Gasteiger partial charge in [0.2, 0.25) is 15.9 Å². The first kappa shape index (κ1) is 12.7. The molecular formula is C8H14N4O3S. The molecule has 1 heterocycles. The first-order valence-electron chi connectivity index (χ1n) is 4.54. The van der Waals surface area contributed by atoms with Gasteiger partial charge in [-0.3, -0.25) is 9.89 Å². The van der Waals surface area contributed by atoms with Gasteiger partial charge in [0.05, 0.1) is 18.4 Å². The lowest BCUT2D eigenvalue weighted by atomic mass is 10.5. The second-order valence-corrected chi connectivity index (χ2v) is 5.21. The number of aromatic amines is 1. The third kappa shape index (κ3) is 2.80. The fourth-order valence-electron chi connectivity index (χ4n) is 1.00. The highest BCUT2D eigenvalue weighted by molar-refractivity contribution is 7.89. The molecular weight excluding hydrogens is 232 g/mol. The Labute approximate surface area is 93.9 Å². The van der Waals surface area contributed by atoms with Crippen LogP contribution < -0.4 is 4.72 Å². The lowest BCUT2D eigenvalue weighted by Crippen LogP contribution is -2.36. The zero-order chi connectivity index (χ0) is 12.3. The summed E-state index contributed by atoms with van der Waals surface area (Å²) in [5.41, 5.74) is 0.435. The summed E-state index contributed by atoms with van der Waals surface area (Å²) in [6.45, 7) is 1.33. The summed E-state index contributed by atoms with van der Waals surface area (Å²) in [7, 11) is -0.557. The Kier molecular flexibility index (Phi) is 3.66. The molecule has 7 nitrogen and oxygen atoms in total. The smallest absolute Gasteiger partial charge is 0.244 e. The fraction of sp³-hybridized carbons (Fsp3) is 0.500. The third-order valence-corrected chi connectivity index (χ3v) is 3.50. The van der Waals surface area contributed by atoms with E-state index >= 15 is 0 Å². The van der Waals surface area contributed by atoms with Crippen LogP contribution in [0.5, 0.6) is 0 Å². The van der Waals surface area contributed by atoms with Crippen molar-refractivity contribution in [2.24, 2.45) is 0 Å². The molecule has 0 saturated carbocycles. The van der Waals surface area contributed by atoms with Crippen molar-refractivity contribution in [1.29, 1.82) is 0 Å². The zero-order valence-electron chi connectivity index (χ0n) is 9.31. The van der Waals surface area contributed by atoms with E-state index in [4.69, 9.17) is 0 Å². The summed E-state index contributed by atoms with van der Waals surface area (Å²) in [4.78, 5) is 12.6. The van der Waals surface area contributed by atoms with Crippen LogP contribution in [0.3, 0.4) is 0 Å². The van der Waals surface area contributed by atoms with Crippen molar-refractivity contribution in [3.63, 3.8) is 0 Å². The number of aromatic nitrogens is 2. The molecule has 0 aliphatic heterocycles. The number of hydrogen-bond donors (Lipinski definition) is 2. The van der Waals surface area contributed by atoms with Crippen LogP contribution in [0.2, 0.25) is 0 Å². The number of carbonyl (C=O) groups excluding carboxylic acids is 1. The van der Waals surface area contributed by atoms with Crippen LogP contribution in [-0.2, 0) is 14.8 Å². The SMILES string of the molecule is Cc1[nH]ncc1S(=O)(=O)NCC(=O)N(C)C. The van der Waals surface area contributed by atoms with E-state index in [1.165, 1.54) is 11.1 Å². The van der Waals surface area contributed by atoms with E-state index in [2.05, 4.69) is 14.9 Å². The van der Waals surface area contributed by atoms with Crippen LogP contribution >= 0.6 is 0 Å². The highest BCUT2D eigenvalue weighted by Crippen LogP contribution is 2.09. The Bertz CT molecular complexity index is 477. The van der Waals surface area contributed by atoms with Gasteiger partial charge in [-0.2, -0.15) is 5.10 Å². The average molecular weight is 246 g/mol. The Morgan fingerprint density at radius 3 is 2.62 bits per heavy atom. The summed E-state index contributed by atoms with van der Waals surface area (Å²) in [5, 5.41) is 6.13. The van der Waals surface area contributed by atoms with E-state index in [1.54, 1.807) is 21.0 Å². The van der Waals surface area contributed by atoms with Gasteiger partial charge in [0, 0.05) is 14.1 Å². The van der Waals surface area contributed by atoms with Gasteiger partial charge in [-0.1, -0.05) is 0 Å². The number of aryl methyl sites for hydroxylation is 1. The van der Waals surface area contributed by atoms with Crippen molar-refractivity contribution in [3.05, 3.63) is 11.9 Å². The summed E-state index contributed by atoms with van der Waals surface area (Å²) in [5.74, 6) is -0.315. The number of nitrogens with zero attached hydrogens (tertiary/aromatic N) is 2. The molecule has 1 aromatic rings. The van der Waals surface area contributed by atoms with E-state index in [0.717, 1.165) is 0 Å². The molecule has 16 heavy (non-hydrogen) atoms. The average Bonchev–Trinajstić information content (AvgIpc) is 2.61. The number of likely N-dealkylation sites (N-methyl/N-ethyl adjacent to an activating group) is 1. The highest BCUT2D eigenvalue weighted by atomic mass is 32.2. The lowest BCUT2D eigenvalue weighted by molar-refractivity contribution is -0.127. The predicted molar refractivity (Wildman–Crippen MR) is 57.2 cm³/mol. The van der Waals surface area contributed by atoms with Gasteiger partial charge in [-0.15, -0.1) is 0 Å². The van der Waals surface area contributed by atoms with E-state index in [9.17, 15) is 13.2 Å². The van der Waals surface area contributed by atoms with Crippen LogP contribution in [0.4, 0.5) is 0 Å².